The van der Waals surface area contributed by atoms with Gasteiger partial charge in [0.1, 0.15) is 5.82 Å². The molecule has 7 heteroatoms. The zero-order valence-corrected chi connectivity index (χ0v) is 10.7. The average Bonchev–Trinajstić information content (AvgIpc) is 2.86. The zero-order chi connectivity index (χ0) is 13.9. The van der Waals surface area contributed by atoms with Gasteiger partial charge in [-0.1, -0.05) is 12.1 Å². The van der Waals surface area contributed by atoms with Crippen LogP contribution in [-0.2, 0) is 23.2 Å². The molecule has 1 aromatic carbocycles. The smallest absolute Gasteiger partial charge is 0.242 e. The fraction of sp³-hybridized carbons (Fsp3) is 0.167. The molecule has 0 atom stereocenters. The van der Waals surface area contributed by atoms with E-state index in [0.29, 0.717) is 11.3 Å². The summed E-state index contributed by atoms with van der Waals surface area (Å²) >= 11 is 0. The van der Waals surface area contributed by atoms with Crippen LogP contribution in [0.1, 0.15) is 11.3 Å². The number of benzene rings is 1. The molecule has 2 rings (SSSR count). The predicted molar refractivity (Wildman–Crippen MR) is 67.1 cm³/mol. The van der Waals surface area contributed by atoms with Crippen molar-refractivity contribution < 1.29 is 17.9 Å². The highest BCUT2D eigenvalue weighted by molar-refractivity contribution is 7.89. The number of halogens is 1. The van der Waals surface area contributed by atoms with Gasteiger partial charge in [-0.3, -0.25) is 0 Å². The van der Waals surface area contributed by atoms with Gasteiger partial charge in [-0.25, -0.2) is 17.5 Å². The summed E-state index contributed by atoms with van der Waals surface area (Å²) in [6.07, 6.45) is 1.29. The van der Waals surface area contributed by atoms with Crippen molar-refractivity contribution in [3.05, 3.63) is 53.6 Å². The number of hydrogen-bond donors (Lipinski definition) is 3. The summed E-state index contributed by atoms with van der Waals surface area (Å²) in [6.45, 7) is -0.265. The molecule has 2 aromatic rings. The highest BCUT2D eigenvalue weighted by atomic mass is 32.2. The lowest BCUT2D eigenvalue weighted by Gasteiger charge is -2.05. The molecule has 0 radical (unpaired) electrons. The van der Waals surface area contributed by atoms with Crippen molar-refractivity contribution in [2.45, 2.75) is 18.0 Å². The Morgan fingerprint density at radius 1 is 1.32 bits per heavy atom. The average molecular weight is 284 g/mol. The van der Waals surface area contributed by atoms with Crippen molar-refractivity contribution in [1.82, 2.24) is 9.71 Å². The second kappa shape index (κ2) is 5.52. The molecule has 0 bridgehead atoms. The molecule has 0 aliphatic carbocycles. The SMILES string of the molecule is O=S(=O)(NCc1cccc(F)c1)c1c[nH]c(CO)c1. The first kappa shape index (κ1) is 13.7. The Labute approximate surface area is 110 Å². The van der Waals surface area contributed by atoms with Crippen LogP contribution in [0.5, 0.6) is 0 Å². The van der Waals surface area contributed by atoms with E-state index in [2.05, 4.69) is 9.71 Å². The molecule has 0 amide bonds. The van der Waals surface area contributed by atoms with E-state index in [1.54, 1.807) is 6.07 Å². The highest BCUT2D eigenvalue weighted by Crippen LogP contribution is 2.11. The predicted octanol–water partition coefficient (Wildman–Crippen LogP) is 1.12. The van der Waals surface area contributed by atoms with E-state index in [0.717, 1.165) is 0 Å². The maximum absolute atomic E-state index is 12.9. The minimum Gasteiger partial charge on any atom is -0.390 e. The number of aliphatic hydroxyl groups is 1. The lowest BCUT2D eigenvalue weighted by atomic mass is 10.2. The van der Waals surface area contributed by atoms with E-state index < -0.39 is 15.8 Å². The summed E-state index contributed by atoms with van der Waals surface area (Å²) in [5.41, 5.74) is 0.938. The Kier molecular flexibility index (Phi) is 3.98. The zero-order valence-electron chi connectivity index (χ0n) is 9.93. The second-order valence-electron chi connectivity index (χ2n) is 3.97. The van der Waals surface area contributed by atoms with Crippen molar-refractivity contribution in [3.63, 3.8) is 0 Å². The van der Waals surface area contributed by atoms with Crippen LogP contribution in [0.15, 0.2) is 41.4 Å². The van der Waals surface area contributed by atoms with Crippen LogP contribution in [-0.4, -0.2) is 18.5 Å². The van der Waals surface area contributed by atoms with E-state index >= 15 is 0 Å². The van der Waals surface area contributed by atoms with Gasteiger partial charge in [0.25, 0.3) is 0 Å². The molecular weight excluding hydrogens is 271 g/mol. The number of aromatic amines is 1. The van der Waals surface area contributed by atoms with Crippen LogP contribution in [0.4, 0.5) is 4.39 Å². The van der Waals surface area contributed by atoms with E-state index in [4.69, 9.17) is 5.11 Å². The topological polar surface area (TPSA) is 82.2 Å². The highest BCUT2D eigenvalue weighted by Gasteiger charge is 2.15. The molecule has 1 aromatic heterocycles. The second-order valence-corrected chi connectivity index (χ2v) is 5.74. The van der Waals surface area contributed by atoms with Gasteiger partial charge in [-0.2, -0.15) is 0 Å². The maximum atomic E-state index is 12.9. The van der Waals surface area contributed by atoms with E-state index in [-0.39, 0.29) is 18.0 Å². The molecule has 0 fully saturated rings. The standard InChI is InChI=1S/C12H13FN2O3S/c13-10-3-1-2-9(4-10)6-15-19(17,18)12-5-11(8-16)14-7-12/h1-5,7,14-16H,6,8H2. The third-order valence-electron chi connectivity index (χ3n) is 2.55. The number of rotatable bonds is 5. The van der Waals surface area contributed by atoms with Gasteiger partial charge in [-0.15, -0.1) is 0 Å². The summed E-state index contributed by atoms with van der Waals surface area (Å²) in [6, 6.07) is 7.03. The summed E-state index contributed by atoms with van der Waals surface area (Å²) in [5.74, 6) is -0.416. The van der Waals surface area contributed by atoms with E-state index in [1.165, 1.54) is 30.5 Å². The van der Waals surface area contributed by atoms with Crippen LogP contribution in [0.3, 0.4) is 0 Å². The van der Waals surface area contributed by atoms with Gasteiger partial charge in [0.05, 0.1) is 11.5 Å². The minimum atomic E-state index is -3.68. The summed E-state index contributed by atoms with van der Waals surface area (Å²) < 4.78 is 39.1. The summed E-state index contributed by atoms with van der Waals surface area (Å²) in [7, 11) is -3.68. The minimum absolute atomic E-state index is 0.000266. The van der Waals surface area contributed by atoms with Crippen LogP contribution in [0, 0.1) is 5.82 Å². The first-order chi connectivity index (χ1) is 9.01. The number of aromatic nitrogens is 1. The Hall–Kier alpha value is -1.70. The van der Waals surface area contributed by atoms with Crippen molar-refractivity contribution in [1.29, 1.82) is 0 Å². The molecular formula is C12H13FN2O3S. The van der Waals surface area contributed by atoms with Crippen molar-refractivity contribution in [2.75, 3.05) is 0 Å². The summed E-state index contributed by atoms with van der Waals surface area (Å²) in [5, 5.41) is 8.87. The third-order valence-corrected chi connectivity index (χ3v) is 3.93. The van der Waals surface area contributed by atoms with E-state index in [1.807, 2.05) is 0 Å². The van der Waals surface area contributed by atoms with Gasteiger partial charge in [0, 0.05) is 18.4 Å². The largest absolute Gasteiger partial charge is 0.390 e. The molecule has 0 saturated heterocycles. The Morgan fingerprint density at radius 3 is 2.74 bits per heavy atom. The Balaban J connectivity index is 2.09. The van der Waals surface area contributed by atoms with Gasteiger partial charge in [0.15, 0.2) is 0 Å². The Bertz CT molecular complexity index is 667. The number of aliphatic hydroxyl groups excluding tert-OH is 1. The van der Waals surface area contributed by atoms with Gasteiger partial charge >= 0.3 is 0 Å². The molecule has 102 valence electrons. The van der Waals surface area contributed by atoms with Gasteiger partial charge in [0.2, 0.25) is 10.0 Å². The van der Waals surface area contributed by atoms with Crippen molar-refractivity contribution in [2.24, 2.45) is 0 Å². The lowest BCUT2D eigenvalue weighted by Crippen LogP contribution is -2.22. The van der Waals surface area contributed by atoms with Crippen LogP contribution < -0.4 is 4.72 Å². The van der Waals surface area contributed by atoms with Gasteiger partial charge in [-0.05, 0) is 23.8 Å². The number of hydrogen-bond acceptors (Lipinski definition) is 3. The van der Waals surface area contributed by atoms with Gasteiger partial charge < -0.3 is 10.1 Å². The molecule has 1 heterocycles. The van der Waals surface area contributed by atoms with Crippen molar-refractivity contribution >= 4 is 10.0 Å². The number of sulfonamides is 1. The third kappa shape index (κ3) is 3.40. The fourth-order valence-corrected chi connectivity index (χ4v) is 2.61. The quantitative estimate of drug-likeness (QED) is 0.769. The first-order valence-corrected chi connectivity index (χ1v) is 7.02. The number of nitrogens with one attached hydrogen (secondary N) is 2. The van der Waals surface area contributed by atoms with Crippen LogP contribution in [0.25, 0.3) is 0 Å². The fourth-order valence-electron chi connectivity index (χ4n) is 1.57. The maximum Gasteiger partial charge on any atom is 0.242 e. The molecule has 3 N–H and O–H groups in total. The molecule has 19 heavy (non-hydrogen) atoms. The first-order valence-electron chi connectivity index (χ1n) is 5.53. The van der Waals surface area contributed by atoms with Crippen molar-refractivity contribution in [3.8, 4) is 0 Å². The number of H-pyrrole nitrogens is 1. The van der Waals surface area contributed by atoms with Crippen LogP contribution in [0.2, 0.25) is 0 Å². The molecule has 0 aliphatic heterocycles. The molecule has 0 spiro atoms. The monoisotopic (exact) mass is 284 g/mol. The van der Waals surface area contributed by atoms with E-state index in [9.17, 15) is 12.8 Å². The normalized spacial score (nSPS) is 11.7. The molecule has 0 saturated carbocycles. The molecule has 5 nitrogen and oxygen atoms in total. The molecule has 0 unspecified atom stereocenters. The molecule has 0 aliphatic rings. The Morgan fingerprint density at radius 2 is 2.11 bits per heavy atom. The summed E-state index contributed by atoms with van der Waals surface area (Å²) in [4.78, 5) is 2.67. The lowest BCUT2D eigenvalue weighted by molar-refractivity contribution is 0.277. The van der Waals surface area contributed by atoms with Crippen LogP contribution >= 0.6 is 0 Å².